The van der Waals surface area contributed by atoms with Crippen molar-refractivity contribution in [2.45, 2.75) is 32.9 Å². The van der Waals surface area contributed by atoms with E-state index in [-0.39, 0.29) is 5.69 Å². The Morgan fingerprint density at radius 3 is 2.65 bits per heavy atom. The Balaban J connectivity index is 2.25. The summed E-state index contributed by atoms with van der Waals surface area (Å²) in [5, 5.41) is 15.0. The monoisotopic (exact) mass is 331 g/mol. The van der Waals surface area contributed by atoms with Crippen LogP contribution < -0.4 is 5.69 Å². The van der Waals surface area contributed by atoms with E-state index < -0.39 is 6.10 Å². The first kappa shape index (κ1) is 15.8. The van der Waals surface area contributed by atoms with E-state index in [2.05, 4.69) is 5.10 Å². The van der Waals surface area contributed by atoms with Gasteiger partial charge in [0.2, 0.25) is 0 Å². The van der Waals surface area contributed by atoms with Crippen molar-refractivity contribution >= 4 is 17.1 Å². The summed E-state index contributed by atoms with van der Waals surface area (Å²) in [5.74, 6) is 0. The summed E-state index contributed by atoms with van der Waals surface area (Å²) in [6.07, 6.45) is -0.225. The average Bonchev–Trinajstić information content (AvgIpc) is 2.85. The standard InChI is InChI=1S/C17H18ClN3O2/c1-3-15(22)13-9-14-16(18)11(2)19-21(14)17(23)20(13)10-12-7-5-4-6-8-12/h4-9,15,22H,3,10H2,1-2H3. The van der Waals surface area contributed by atoms with Crippen LogP contribution in [0.15, 0.2) is 41.2 Å². The fourth-order valence-electron chi connectivity index (χ4n) is 2.65. The molecule has 0 saturated heterocycles. The normalized spacial score (nSPS) is 12.7. The molecule has 0 fully saturated rings. The van der Waals surface area contributed by atoms with Gasteiger partial charge < -0.3 is 5.11 Å². The zero-order valence-corrected chi connectivity index (χ0v) is 13.8. The second-order valence-electron chi connectivity index (χ2n) is 5.54. The molecule has 0 aliphatic rings. The fourth-order valence-corrected chi connectivity index (χ4v) is 2.82. The van der Waals surface area contributed by atoms with Crippen molar-refractivity contribution < 1.29 is 5.11 Å². The van der Waals surface area contributed by atoms with Crippen molar-refractivity contribution in [1.29, 1.82) is 0 Å². The van der Waals surface area contributed by atoms with Crippen LogP contribution in [-0.2, 0) is 6.54 Å². The third-order valence-electron chi connectivity index (χ3n) is 3.94. The van der Waals surface area contributed by atoms with E-state index in [9.17, 15) is 9.90 Å². The number of aliphatic hydroxyl groups excluding tert-OH is 1. The van der Waals surface area contributed by atoms with Gasteiger partial charge >= 0.3 is 5.69 Å². The van der Waals surface area contributed by atoms with Crippen molar-refractivity contribution in [3.8, 4) is 0 Å². The summed E-state index contributed by atoms with van der Waals surface area (Å²) < 4.78 is 2.85. The molecule has 0 aliphatic carbocycles. The predicted octanol–water partition coefficient (Wildman–Crippen LogP) is 2.95. The van der Waals surface area contributed by atoms with Gasteiger partial charge in [0, 0.05) is 0 Å². The van der Waals surface area contributed by atoms with Gasteiger partial charge in [-0.25, -0.2) is 4.79 Å². The number of nitrogens with zero attached hydrogens (tertiary/aromatic N) is 3. The van der Waals surface area contributed by atoms with Crippen LogP contribution in [0.25, 0.3) is 5.52 Å². The van der Waals surface area contributed by atoms with Crippen molar-refractivity contribution in [2.24, 2.45) is 0 Å². The van der Waals surface area contributed by atoms with Crippen LogP contribution in [0, 0.1) is 6.92 Å². The lowest BCUT2D eigenvalue weighted by atomic mass is 10.1. The summed E-state index contributed by atoms with van der Waals surface area (Å²) >= 11 is 6.23. The molecule has 6 heteroatoms. The molecule has 2 heterocycles. The Kier molecular flexibility index (Phi) is 4.24. The van der Waals surface area contributed by atoms with Gasteiger partial charge in [-0.05, 0) is 25.0 Å². The lowest BCUT2D eigenvalue weighted by Gasteiger charge is -2.17. The summed E-state index contributed by atoms with van der Waals surface area (Å²) in [4.78, 5) is 12.8. The summed E-state index contributed by atoms with van der Waals surface area (Å²) in [5.41, 5.74) is 2.35. The van der Waals surface area contributed by atoms with Crippen molar-refractivity contribution in [2.75, 3.05) is 0 Å². The van der Waals surface area contributed by atoms with Gasteiger partial charge in [0.15, 0.2) is 0 Å². The van der Waals surface area contributed by atoms with E-state index in [1.807, 2.05) is 37.3 Å². The van der Waals surface area contributed by atoms with Crippen LogP contribution in [0.1, 0.15) is 36.4 Å². The zero-order valence-electron chi connectivity index (χ0n) is 13.0. The van der Waals surface area contributed by atoms with Gasteiger partial charge in [0.1, 0.15) is 0 Å². The molecule has 0 radical (unpaired) electrons. The first-order valence-electron chi connectivity index (χ1n) is 7.53. The van der Waals surface area contributed by atoms with E-state index >= 15 is 0 Å². The molecule has 0 saturated carbocycles. The average molecular weight is 332 g/mol. The highest BCUT2D eigenvalue weighted by molar-refractivity contribution is 6.34. The summed E-state index contributed by atoms with van der Waals surface area (Å²) in [6.45, 7) is 4.00. The van der Waals surface area contributed by atoms with Gasteiger partial charge in [-0.15, -0.1) is 0 Å². The molecule has 2 aromatic heterocycles. The highest BCUT2D eigenvalue weighted by Crippen LogP contribution is 2.24. The largest absolute Gasteiger partial charge is 0.387 e. The van der Waals surface area contributed by atoms with Gasteiger partial charge in [-0.1, -0.05) is 48.9 Å². The summed E-state index contributed by atoms with van der Waals surface area (Å²) in [7, 11) is 0. The lowest BCUT2D eigenvalue weighted by molar-refractivity contribution is 0.162. The number of hydrogen-bond donors (Lipinski definition) is 1. The molecule has 0 spiro atoms. The molecule has 1 unspecified atom stereocenters. The van der Waals surface area contributed by atoms with Crippen LogP contribution in [-0.4, -0.2) is 19.3 Å². The Morgan fingerprint density at radius 2 is 2.00 bits per heavy atom. The van der Waals surface area contributed by atoms with Crippen LogP contribution in [0.4, 0.5) is 0 Å². The number of aryl methyl sites for hydroxylation is 1. The second kappa shape index (κ2) is 6.18. The van der Waals surface area contributed by atoms with Gasteiger partial charge in [-0.3, -0.25) is 4.57 Å². The Morgan fingerprint density at radius 1 is 1.30 bits per heavy atom. The Labute approximate surface area is 138 Å². The zero-order chi connectivity index (χ0) is 16.6. The molecule has 3 aromatic rings. The maximum atomic E-state index is 12.8. The highest BCUT2D eigenvalue weighted by atomic mass is 35.5. The number of hydrogen-bond acceptors (Lipinski definition) is 3. The second-order valence-corrected chi connectivity index (χ2v) is 5.92. The minimum absolute atomic E-state index is 0.302. The van der Waals surface area contributed by atoms with Gasteiger partial charge in [-0.2, -0.15) is 9.61 Å². The number of halogens is 1. The molecule has 23 heavy (non-hydrogen) atoms. The number of rotatable bonds is 4. The molecular formula is C17H18ClN3O2. The minimum atomic E-state index is -0.734. The first-order valence-corrected chi connectivity index (χ1v) is 7.91. The molecule has 1 atom stereocenters. The number of aliphatic hydroxyl groups is 1. The molecule has 0 amide bonds. The van der Waals surface area contributed by atoms with E-state index in [1.165, 1.54) is 4.52 Å². The molecule has 3 rings (SSSR count). The molecule has 1 N–H and O–H groups in total. The molecule has 1 aromatic carbocycles. The summed E-state index contributed by atoms with van der Waals surface area (Å²) in [6, 6.07) is 11.4. The third-order valence-corrected chi connectivity index (χ3v) is 4.41. The quantitative estimate of drug-likeness (QED) is 0.799. The predicted molar refractivity (Wildman–Crippen MR) is 90.0 cm³/mol. The highest BCUT2D eigenvalue weighted by Gasteiger charge is 2.18. The van der Waals surface area contributed by atoms with Crippen molar-refractivity contribution in [1.82, 2.24) is 14.2 Å². The molecule has 0 bridgehead atoms. The van der Waals surface area contributed by atoms with E-state index in [1.54, 1.807) is 17.6 Å². The number of aromatic nitrogens is 3. The smallest absolute Gasteiger partial charge is 0.349 e. The molecule has 120 valence electrons. The number of benzene rings is 1. The lowest BCUT2D eigenvalue weighted by Crippen LogP contribution is -2.31. The SMILES string of the molecule is CCC(O)c1cc2c(Cl)c(C)nn2c(=O)n1Cc1ccccc1. The maximum absolute atomic E-state index is 12.8. The van der Waals surface area contributed by atoms with Gasteiger partial charge in [0.25, 0.3) is 0 Å². The third kappa shape index (κ3) is 2.78. The Hall–Kier alpha value is -2.11. The van der Waals surface area contributed by atoms with E-state index in [0.717, 1.165) is 5.56 Å². The minimum Gasteiger partial charge on any atom is -0.387 e. The van der Waals surface area contributed by atoms with Crippen molar-refractivity contribution in [3.63, 3.8) is 0 Å². The fraction of sp³-hybridized carbons (Fsp3) is 0.294. The molecule has 5 nitrogen and oxygen atoms in total. The van der Waals surface area contributed by atoms with Crippen LogP contribution in [0.3, 0.4) is 0 Å². The number of fused-ring (bicyclic) bond motifs is 1. The van der Waals surface area contributed by atoms with E-state index in [4.69, 9.17) is 11.6 Å². The maximum Gasteiger partial charge on any atom is 0.349 e. The Bertz CT molecular complexity index is 900. The van der Waals surface area contributed by atoms with E-state index in [0.29, 0.717) is 34.9 Å². The molecular weight excluding hydrogens is 314 g/mol. The van der Waals surface area contributed by atoms with Crippen LogP contribution in [0.5, 0.6) is 0 Å². The van der Waals surface area contributed by atoms with Gasteiger partial charge in [0.05, 0.1) is 34.6 Å². The van der Waals surface area contributed by atoms with Crippen molar-refractivity contribution in [3.05, 3.63) is 68.9 Å². The first-order chi connectivity index (χ1) is 11.0. The van der Waals surface area contributed by atoms with Crippen LogP contribution in [0.2, 0.25) is 5.02 Å². The topological polar surface area (TPSA) is 59.5 Å². The molecule has 0 aliphatic heterocycles. The van der Waals surface area contributed by atoms with Crippen LogP contribution >= 0.6 is 11.6 Å².